The summed E-state index contributed by atoms with van der Waals surface area (Å²) in [7, 11) is 3.71. The molecule has 0 radical (unpaired) electrons. The zero-order chi connectivity index (χ0) is 13.7. The summed E-state index contributed by atoms with van der Waals surface area (Å²) in [4.78, 5) is 4.18. The Kier molecular flexibility index (Phi) is 4.51. The lowest BCUT2D eigenvalue weighted by Gasteiger charge is -2.10. The smallest absolute Gasteiger partial charge is 0.191 e. The molecule has 0 fully saturated rings. The van der Waals surface area contributed by atoms with E-state index in [-0.39, 0.29) is 0 Å². The maximum Gasteiger partial charge on any atom is 0.191 e. The van der Waals surface area contributed by atoms with Crippen molar-refractivity contribution in [2.45, 2.75) is 20.0 Å². The second-order valence-corrected chi connectivity index (χ2v) is 4.91. The summed E-state index contributed by atoms with van der Waals surface area (Å²) in [6.45, 7) is 3.29. The Morgan fingerprint density at radius 3 is 2.74 bits per heavy atom. The summed E-state index contributed by atoms with van der Waals surface area (Å²) in [5.74, 6) is 2.54. The Bertz CT molecular complexity index is 543. The number of aromatic nitrogens is 3. The zero-order valence-electron chi connectivity index (χ0n) is 11.3. The number of nitrogens with one attached hydrogen (secondary N) is 2. The summed E-state index contributed by atoms with van der Waals surface area (Å²) in [6, 6.07) is 2.09. The maximum absolute atomic E-state index is 4.18. The monoisotopic (exact) mass is 278 g/mol. The van der Waals surface area contributed by atoms with Gasteiger partial charge in [0.05, 0.1) is 6.54 Å². The molecule has 0 aliphatic carbocycles. The van der Waals surface area contributed by atoms with Crippen LogP contribution in [0.1, 0.15) is 17.2 Å². The van der Waals surface area contributed by atoms with Crippen LogP contribution in [0.15, 0.2) is 21.8 Å². The van der Waals surface area contributed by atoms with Crippen LogP contribution in [0.4, 0.5) is 0 Å². The van der Waals surface area contributed by atoms with Gasteiger partial charge in [-0.2, -0.15) is 11.3 Å². The van der Waals surface area contributed by atoms with Crippen molar-refractivity contribution in [1.29, 1.82) is 0 Å². The fourth-order valence-electron chi connectivity index (χ4n) is 1.57. The molecule has 0 aliphatic rings. The van der Waals surface area contributed by atoms with Crippen LogP contribution in [0, 0.1) is 6.92 Å². The van der Waals surface area contributed by atoms with E-state index in [0.717, 1.165) is 24.2 Å². The highest BCUT2D eigenvalue weighted by molar-refractivity contribution is 7.07. The third-order valence-corrected chi connectivity index (χ3v) is 3.59. The number of rotatable bonds is 4. The van der Waals surface area contributed by atoms with E-state index in [1.165, 1.54) is 5.56 Å². The highest BCUT2D eigenvalue weighted by Gasteiger charge is 2.05. The summed E-state index contributed by atoms with van der Waals surface area (Å²) in [6.07, 6.45) is 0. The molecule has 102 valence electrons. The first-order chi connectivity index (χ1) is 9.20. The van der Waals surface area contributed by atoms with Crippen molar-refractivity contribution in [1.82, 2.24) is 25.4 Å². The van der Waals surface area contributed by atoms with Crippen LogP contribution in [-0.4, -0.2) is 27.8 Å². The molecular formula is C12H18N6S. The molecule has 0 unspecified atom stereocenters. The standard InChI is InChI=1S/C12H18N6S/c1-9-16-17-11(18(9)3)7-15-12(13-2)14-6-10-4-5-19-8-10/h4-5,8H,6-7H2,1-3H3,(H2,13,14,15). The fraction of sp³-hybridized carbons (Fsp3) is 0.417. The predicted molar refractivity (Wildman–Crippen MR) is 77.1 cm³/mol. The van der Waals surface area contributed by atoms with Crippen LogP contribution in [0.5, 0.6) is 0 Å². The van der Waals surface area contributed by atoms with Crippen LogP contribution in [0.2, 0.25) is 0 Å². The second-order valence-electron chi connectivity index (χ2n) is 4.13. The molecule has 0 aromatic carbocycles. The van der Waals surface area contributed by atoms with Crippen molar-refractivity contribution in [3.63, 3.8) is 0 Å². The van der Waals surface area contributed by atoms with Gasteiger partial charge in [0, 0.05) is 20.6 Å². The number of hydrogen-bond acceptors (Lipinski definition) is 4. The van der Waals surface area contributed by atoms with Gasteiger partial charge in [-0.3, -0.25) is 4.99 Å². The van der Waals surface area contributed by atoms with Crippen LogP contribution < -0.4 is 10.6 Å². The van der Waals surface area contributed by atoms with Gasteiger partial charge in [0.1, 0.15) is 5.82 Å². The van der Waals surface area contributed by atoms with E-state index in [1.807, 2.05) is 18.5 Å². The lowest BCUT2D eigenvalue weighted by molar-refractivity contribution is 0.718. The SMILES string of the molecule is CN=C(NCc1ccsc1)NCc1nnc(C)n1C. The van der Waals surface area contributed by atoms with Crippen LogP contribution in [0.3, 0.4) is 0 Å². The fourth-order valence-corrected chi connectivity index (χ4v) is 2.24. The molecular weight excluding hydrogens is 260 g/mol. The molecule has 0 bridgehead atoms. The highest BCUT2D eigenvalue weighted by atomic mass is 32.1. The second kappa shape index (κ2) is 6.33. The minimum absolute atomic E-state index is 0.598. The number of nitrogens with zero attached hydrogens (tertiary/aromatic N) is 4. The third kappa shape index (κ3) is 3.54. The van der Waals surface area contributed by atoms with E-state index < -0.39 is 0 Å². The molecule has 0 atom stereocenters. The normalized spacial score (nSPS) is 11.6. The number of hydrogen-bond donors (Lipinski definition) is 2. The molecule has 2 heterocycles. The highest BCUT2D eigenvalue weighted by Crippen LogP contribution is 2.04. The molecule has 2 N–H and O–H groups in total. The summed E-state index contributed by atoms with van der Waals surface area (Å²) in [5.41, 5.74) is 1.25. The molecule has 2 aromatic rings. The molecule has 7 heteroatoms. The summed E-state index contributed by atoms with van der Waals surface area (Å²) < 4.78 is 1.96. The zero-order valence-corrected chi connectivity index (χ0v) is 12.2. The van der Waals surface area contributed by atoms with Gasteiger partial charge in [0.15, 0.2) is 11.8 Å². The van der Waals surface area contributed by atoms with Crippen LogP contribution >= 0.6 is 11.3 Å². The molecule has 19 heavy (non-hydrogen) atoms. The first kappa shape index (κ1) is 13.5. The Morgan fingerprint density at radius 2 is 2.16 bits per heavy atom. The molecule has 0 saturated carbocycles. The first-order valence-electron chi connectivity index (χ1n) is 6.01. The van der Waals surface area contributed by atoms with E-state index in [9.17, 15) is 0 Å². The summed E-state index contributed by atoms with van der Waals surface area (Å²) >= 11 is 1.69. The third-order valence-electron chi connectivity index (χ3n) is 2.86. The van der Waals surface area contributed by atoms with Gasteiger partial charge in [-0.25, -0.2) is 0 Å². The van der Waals surface area contributed by atoms with Crippen molar-refractivity contribution in [2.75, 3.05) is 7.05 Å². The van der Waals surface area contributed by atoms with E-state index in [4.69, 9.17) is 0 Å². The van der Waals surface area contributed by atoms with Crippen molar-refractivity contribution in [2.24, 2.45) is 12.0 Å². The van der Waals surface area contributed by atoms with Gasteiger partial charge in [0.2, 0.25) is 0 Å². The lowest BCUT2D eigenvalue weighted by Crippen LogP contribution is -2.36. The Labute approximate surface area is 116 Å². The number of aliphatic imine (C=N–C) groups is 1. The number of guanidine groups is 1. The van der Waals surface area contributed by atoms with Gasteiger partial charge in [0.25, 0.3) is 0 Å². The molecule has 2 rings (SSSR count). The van der Waals surface area contributed by atoms with Gasteiger partial charge in [-0.05, 0) is 29.3 Å². The number of aryl methyl sites for hydroxylation is 1. The van der Waals surface area contributed by atoms with Crippen LogP contribution in [-0.2, 0) is 20.1 Å². The van der Waals surface area contributed by atoms with Gasteiger partial charge in [-0.1, -0.05) is 0 Å². The van der Waals surface area contributed by atoms with E-state index >= 15 is 0 Å². The quantitative estimate of drug-likeness (QED) is 0.648. The molecule has 6 nitrogen and oxygen atoms in total. The minimum Gasteiger partial charge on any atom is -0.352 e. The van der Waals surface area contributed by atoms with Gasteiger partial charge >= 0.3 is 0 Å². The van der Waals surface area contributed by atoms with Crippen molar-refractivity contribution >= 4 is 17.3 Å². The van der Waals surface area contributed by atoms with E-state index in [2.05, 4.69) is 42.6 Å². The molecule has 0 spiro atoms. The van der Waals surface area contributed by atoms with E-state index in [1.54, 1.807) is 18.4 Å². The molecule has 0 amide bonds. The molecule has 2 aromatic heterocycles. The molecule has 0 aliphatic heterocycles. The topological polar surface area (TPSA) is 67.1 Å². The average Bonchev–Trinajstić information content (AvgIpc) is 3.03. The first-order valence-corrected chi connectivity index (χ1v) is 6.95. The van der Waals surface area contributed by atoms with Gasteiger partial charge in [-0.15, -0.1) is 10.2 Å². The minimum atomic E-state index is 0.598. The van der Waals surface area contributed by atoms with Gasteiger partial charge < -0.3 is 15.2 Å². The van der Waals surface area contributed by atoms with Crippen molar-refractivity contribution in [3.05, 3.63) is 34.0 Å². The lowest BCUT2D eigenvalue weighted by atomic mass is 10.3. The Morgan fingerprint density at radius 1 is 1.37 bits per heavy atom. The predicted octanol–water partition coefficient (Wildman–Crippen LogP) is 1.05. The average molecular weight is 278 g/mol. The largest absolute Gasteiger partial charge is 0.352 e. The summed E-state index contributed by atoms with van der Waals surface area (Å²) in [5, 5.41) is 18.8. The van der Waals surface area contributed by atoms with Crippen molar-refractivity contribution < 1.29 is 0 Å². The number of thiophene rings is 1. The molecule has 0 saturated heterocycles. The van der Waals surface area contributed by atoms with Crippen molar-refractivity contribution in [3.8, 4) is 0 Å². The Hall–Kier alpha value is -1.89. The van der Waals surface area contributed by atoms with Crippen LogP contribution in [0.25, 0.3) is 0 Å². The van der Waals surface area contributed by atoms with E-state index in [0.29, 0.717) is 6.54 Å². The maximum atomic E-state index is 4.18. The Balaban J connectivity index is 1.84.